The van der Waals surface area contributed by atoms with Gasteiger partial charge in [0.2, 0.25) is 5.95 Å². The molecule has 1 aliphatic carbocycles. The monoisotopic (exact) mass is 456 g/mol. The second kappa shape index (κ2) is 14.5. The number of aromatic nitrogens is 2. The van der Waals surface area contributed by atoms with Crippen LogP contribution in [0.1, 0.15) is 46.5 Å². The standard InChI is InChI=1S/C22H25FN4O.C2H6.CH2O2/c1-4-20(28)27(5-2)18-8-6-7-16(13-18)21-19(23)14-24-22(26-21)25-17-11-9-15(3)10-12-17;1-2;2-1-3/h4-8,13-15,17H,1-2,9-12H2,3H3,(H,24,25,26);1-2H3;1H,(H,2,3). The van der Waals surface area contributed by atoms with Gasteiger partial charge in [-0.1, -0.05) is 46.1 Å². The molecule has 3 rings (SSSR count). The van der Waals surface area contributed by atoms with E-state index in [0.29, 0.717) is 23.2 Å². The smallest absolute Gasteiger partial charge is 0.290 e. The maximum absolute atomic E-state index is 14.5. The summed E-state index contributed by atoms with van der Waals surface area (Å²) in [5.41, 5.74) is 1.31. The Morgan fingerprint density at radius 3 is 2.45 bits per heavy atom. The molecule has 0 saturated heterocycles. The highest BCUT2D eigenvalue weighted by molar-refractivity contribution is 6.02. The number of carbonyl (C=O) groups excluding carboxylic acids is 1. The number of nitrogens with one attached hydrogen (secondary N) is 1. The molecule has 7 nitrogen and oxygen atoms in total. The Balaban J connectivity index is 0.00000101. The fraction of sp³-hybridized carbons (Fsp3) is 0.360. The van der Waals surface area contributed by atoms with E-state index in [0.717, 1.165) is 18.8 Å². The van der Waals surface area contributed by atoms with E-state index in [4.69, 9.17) is 9.90 Å². The van der Waals surface area contributed by atoms with Crippen LogP contribution in [0.5, 0.6) is 0 Å². The average molecular weight is 457 g/mol. The largest absolute Gasteiger partial charge is 0.483 e. The van der Waals surface area contributed by atoms with Crippen molar-refractivity contribution in [1.82, 2.24) is 9.97 Å². The van der Waals surface area contributed by atoms with Crippen molar-refractivity contribution < 1.29 is 19.1 Å². The molecule has 1 saturated carbocycles. The molecule has 2 N–H and O–H groups in total. The number of anilines is 2. The molecule has 0 unspecified atom stereocenters. The minimum Gasteiger partial charge on any atom is -0.483 e. The Bertz CT molecular complexity index is 928. The van der Waals surface area contributed by atoms with Crippen molar-refractivity contribution in [1.29, 1.82) is 0 Å². The molecule has 1 aromatic heterocycles. The zero-order valence-electron chi connectivity index (χ0n) is 19.5. The summed E-state index contributed by atoms with van der Waals surface area (Å²) in [6.07, 6.45) is 8.24. The van der Waals surface area contributed by atoms with Crippen molar-refractivity contribution in [2.45, 2.75) is 52.5 Å². The SMILES string of the molecule is C=CC(=O)N(C=C)c1cccc(-c2nc(NC3CCC(C)CC3)ncc2F)c1.CC.O=CO. The van der Waals surface area contributed by atoms with E-state index in [1.54, 1.807) is 24.3 Å². The van der Waals surface area contributed by atoms with E-state index in [1.165, 1.54) is 36.2 Å². The summed E-state index contributed by atoms with van der Waals surface area (Å²) in [5.74, 6) is 0.338. The molecule has 0 radical (unpaired) electrons. The number of carboxylic acid groups (broad SMARTS) is 1. The lowest BCUT2D eigenvalue weighted by Gasteiger charge is -2.27. The summed E-state index contributed by atoms with van der Waals surface area (Å²) in [6, 6.07) is 7.24. The number of hydrogen-bond donors (Lipinski definition) is 2. The van der Waals surface area contributed by atoms with Crippen molar-refractivity contribution in [3.05, 3.63) is 61.7 Å². The van der Waals surface area contributed by atoms with Gasteiger partial charge in [-0.2, -0.15) is 0 Å². The lowest BCUT2D eigenvalue weighted by Crippen LogP contribution is -2.26. The number of carbonyl (C=O) groups is 2. The van der Waals surface area contributed by atoms with E-state index in [9.17, 15) is 9.18 Å². The molecule has 1 fully saturated rings. The van der Waals surface area contributed by atoms with Gasteiger partial charge >= 0.3 is 0 Å². The van der Waals surface area contributed by atoms with Crippen LogP contribution >= 0.6 is 0 Å². The predicted octanol–water partition coefficient (Wildman–Crippen LogP) is 5.66. The number of nitrogens with zero attached hydrogens (tertiary/aromatic N) is 3. The second-order valence-corrected chi connectivity index (χ2v) is 7.24. The van der Waals surface area contributed by atoms with Gasteiger partial charge in [0.05, 0.1) is 6.20 Å². The number of rotatable bonds is 6. The zero-order chi connectivity index (χ0) is 24.8. The van der Waals surface area contributed by atoms with Crippen LogP contribution in [-0.4, -0.2) is 33.5 Å². The molecular weight excluding hydrogens is 423 g/mol. The van der Waals surface area contributed by atoms with Crippen LogP contribution in [0.3, 0.4) is 0 Å². The average Bonchev–Trinajstić information content (AvgIpc) is 2.84. The Labute approximate surface area is 195 Å². The lowest BCUT2D eigenvalue weighted by atomic mass is 9.87. The minimum atomic E-state index is -0.514. The van der Waals surface area contributed by atoms with Crippen molar-refractivity contribution in [3.8, 4) is 11.3 Å². The molecule has 1 aliphatic rings. The van der Waals surface area contributed by atoms with Crippen LogP contribution in [0, 0.1) is 11.7 Å². The van der Waals surface area contributed by atoms with E-state index < -0.39 is 5.82 Å². The lowest BCUT2D eigenvalue weighted by molar-refractivity contribution is -0.122. The molecule has 0 bridgehead atoms. The van der Waals surface area contributed by atoms with Crippen LogP contribution in [-0.2, 0) is 9.59 Å². The van der Waals surface area contributed by atoms with E-state index in [2.05, 4.69) is 35.4 Å². The summed E-state index contributed by atoms with van der Waals surface area (Å²) in [5, 5.41) is 10.2. The highest BCUT2D eigenvalue weighted by atomic mass is 19.1. The summed E-state index contributed by atoms with van der Waals surface area (Å²) in [7, 11) is 0. The molecule has 0 atom stereocenters. The number of amides is 1. The van der Waals surface area contributed by atoms with Gasteiger partial charge in [0.1, 0.15) is 5.69 Å². The molecule has 0 spiro atoms. The Morgan fingerprint density at radius 1 is 1.24 bits per heavy atom. The summed E-state index contributed by atoms with van der Waals surface area (Å²) in [6.45, 7) is 13.2. The first-order valence-electron chi connectivity index (χ1n) is 11.0. The van der Waals surface area contributed by atoms with Gasteiger partial charge in [0.25, 0.3) is 12.4 Å². The van der Waals surface area contributed by atoms with E-state index in [-0.39, 0.29) is 18.1 Å². The van der Waals surface area contributed by atoms with Gasteiger partial charge in [-0.25, -0.2) is 14.4 Å². The van der Waals surface area contributed by atoms with Gasteiger partial charge in [-0.05, 0) is 49.8 Å². The Morgan fingerprint density at radius 2 is 1.88 bits per heavy atom. The van der Waals surface area contributed by atoms with Crippen molar-refractivity contribution in [3.63, 3.8) is 0 Å². The van der Waals surface area contributed by atoms with Crippen molar-refractivity contribution >= 4 is 24.0 Å². The molecule has 0 aliphatic heterocycles. The van der Waals surface area contributed by atoms with Crippen LogP contribution in [0.4, 0.5) is 16.0 Å². The van der Waals surface area contributed by atoms with Gasteiger partial charge in [0, 0.05) is 23.5 Å². The van der Waals surface area contributed by atoms with Gasteiger partial charge in [-0.15, -0.1) is 0 Å². The Hall–Kier alpha value is -3.55. The second-order valence-electron chi connectivity index (χ2n) is 7.24. The molecule has 178 valence electrons. The first-order valence-corrected chi connectivity index (χ1v) is 11.0. The third-order valence-electron chi connectivity index (χ3n) is 5.09. The van der Waals surface area contributed by atoms with Crippen molar-refractivity contribution in [2.24, 2.45) is 5.92 Å². The molecule has 33 heavy (non-hydrogen) atoms. The zero-order valence-corrected chi connectivity index (χ0v) is 19.5. The van der Waals surface area contributed by atoms with Crippen LogP contribution in [0.25, 0.3) is 11.3 Å². The minimum absolute atomic E-state index is 0.193. The van der Waals surface area contributed by atoms with Crippen molar-refractivity contribution in [2.75, 3.05) is 10.2 Å². The predicted molar refractivity (Wildman–Crippen MR) is 130 cm³/mol. The fourth-order valence-electron chi connectivity index (χ4n) is 3.45. The quantitative estimate of drug-likeness (QED) is 0.430. The van der Waals surface area contributed by atoms with Gasteiger partial charge in [0.15, 0.2) is 5.82 Å². The molecule has 1 heterocycles. The highest BCUT2D eigenvalue weighted by Crippen LogP contribution is 2.28. The summed E-state index contributed by atoms with van der Waals surface area (Å²) in [4.78, 5) is 30.2. The number of halogens is 1. The molecule has 1 aromatic carbocycles. The number of benzene rings is 1. The Kier molecular flexibility index (Phi) is 12.1. The summed E-state index contributed by atoms with van der Waals surface area (Å²) < 4.78 is 14.5. The maximum atomic E-state index is 14.5. The molecule has 8 heteroatoms. The fourth-order valence-corrected chi connectivity index (χ4v) is 3.45. The topological polar surface area (TPSA) is 95.4 Å². The van der Waals surface area contributed by atoms with Gasteiger partial charge in [-0.3, -0.25) is 14.5 Å². The molecule has 2 aromatic rings. The highest BCUT2D eigenvalue weighted by Gasteiger charge is 2.20. The maximum Gasteiger partial charge on any atom is 0.290 e. The summed E-state index contributed by atoms with van der Waals surface area (Å²) >= 11 is 0. The van der Waals surface area contributed by atoms with Crippen LogP contribution in [0.2, 0.25) is 0 Å². The van der Waals surface area contributed by atoms with E-state index >= 15 is 0 Å². The molecule has 1 amide bonds. The van der Waals surface area contributed by atoms with Crippen LogP contribution in [0.15, 0.2) is 55.9 Å². The first kappa shape index (κ1) is 27.5. The van der Waals surface area contributed by atoms with Gasteiger partial charge < -0.3 is 10.4 Å². The first-order chi connectivity index (χ1) is 15.9. The third-order valence-corrected chi connectivity index (χ3v) is 5.09. The number of hydrogen-bond acceptors (Lipinski definition) is 5. The van der Waals surface area contributed by atoms with E-state index in [1.807, 2.05) is 13.8 Å². The van der Waals surface area contributed by atoms with Crippen LogP contribution < -0.4 is 10.2 Å². The normalized spacial score (nSPS) is 16.6. The third kappa shape index (κ3) is 8.14. The molecular formula is C25H33FN4O3.